The standard InChI is InChI=1S/C30H27N3O2S/c1-20-12-14-25(16-21(20)2)32-30-33(19-22-8-4-3-5-9-22)29(35)27(36-30)18-28(34)31-26-15-13-23-10-6-7-11-24(23)17-26/h3-17,27H,18-19H2,1-2H3,(H,31,34). The summed E-state index contributed by atoms with van der Waals surface area (Å²) >= 11 is 1.36. The fraction of sp³-hybridized carbons (Fsp3) is 0.167. The van der Waals surface area contributed by atoms with Crippen molar-refractivity contribution in [1.29, 1.82) is 0 Å². The zero-order chi connectivity index (χ0) is 25.1. The number of nitrogens with one attached hydrogen (secondary N) is 1. The Morgan fingerprint density at radius 2 is 1.64 bits per heavy atom. The third kappa shape index (κ3) is 5.34. The van der Waals surface area contributed by atoms with Crippen LogP contribution in [0.1, 0.15) is 23.1 Å². The number of anilines is 1. The van der Waals surface area contributed by atoms with Crippen LogP contribution >= 0.6 is 11.8 Å². The number of carbonyl (C=O) groups excluding carboxylic acids is 2. The highest BCUT2D eigenvalue weighted by atomic mass is 32.2. The molecule has 0 aromatic heterocycles. The second-order valence-electron chi connectivity index (χ2n) is 8.99. The van der Waals surface area contributed by atoms with Crippen LogP contribution < -0.4 is 5.32 Å². The molecule has 0 spiro atoms. The maximum Gasteiger partial charge on any atom is 0.242 e. The highest BCUT2D eigenvalue weighted by Gasteiger charge is 2.39. The normalized spacial score (nSPS) is 16.6. The topological polar surface area (TPSA) is 61.8 Å². The van der Waals surface area contributed by atoms with Gasteiger partial charge in [-0.3, -0.25) is 14.5 Å². The maximum absolute atomic E-state index is 13.4. The third-order valence-electron chi connectivity index (χ3n) is 6.32. The summed E-state index contributed by atoms with van der Waals surface area (Å²) < 4.78 is 0. The lowest BCUT2D eigenvalue weighted by Crippen LogP contribution is -2.33. The Kier molecular flexibility index (Phi) is 6.87. The zero-order valence-corrected chi connectivity index (χ0v) is 21.1. The first-order valence-corrected chi connectivity index (χ1v) is 12.8. The molecule has 1 N–H and O–H groups in total. The van der Waals surface area contributed by atoms with Crippen LogP contribution in [0.2, 0.25) is 0 Å². The van der Waals surface area contributed by atoms with Gasteiger partial charge in [-0.25, -0.2) is 4.99 Å². The van der Waals surface area contributed by atoms with E-state index in [1.54, 1.807) is 4.90 Å². The summed E-state index contributed by atoms with van der Waals surface area (Å²) in [7, 11) is 0. The van der Waals surface area contributed by atoms with E-state index in [0.29, 0.717) is 11.7 Å². The van der Waals surface area contributed by atoms with Crippen LogP contribution in [0.25, 0.3) is 10.8 Å². The SMILES string of the molecule is Cc1ccc(N=C2SC(CC(=O)Nc3ccc4ccccc4c3)C(=O)N2Cc2ccccc2)cc1C. The van der Waals surface area contributed by atoms with Crippen LogP contribution in [0, 0.1) is 13.8 Å². The van der Waals surface area contributed by atoms with Crippen molar-refractivity contribution >= 4 is 50.9 Å². The van der Waals surface area contributed by atoms with Gasteiger partial charge in [0.1, 0.15) is 5.25 Å². The van der Waals surface area contributed by atoms with Crippen molar-refractivity contribution in [2.24, 2.45) is 4.99 Å². The van der Waals surface area contributed by atoms with Gasteiger partial charge in [0, 0.05) is 12.1 Å². The Morgan fingerprint density at radius 3 is 2.42 bits per heavy atom. The number of rotatable bonds is 6. The predicted molar refractivity (Wildman–Crippen MR) is 149 cm³/mol. The molecule has 36 heavy (non-hydrogen) atoms. The first-order chi connectivity index (χ1) is 17.5. The highest BCUT2D eigenvalue weighted by molar-refractivity contribution is 8.15. The molecule has 1 atom stereocenters. The molecule has 1 heterocycles. The Hall–Kier alpha value is -3.90. The number of fused-ring (bicyclic) bond motifs is 1. The number of hydrogen-bond acceptors (Lipinski definition) is 4. The summed E-state index contributed by atoms with van der Waals surface area (Å²) in [6.07, 6.45) is 0.0769. The van der Waals surface area contributed by atoms with Gasteiger partial charge >= 0.3 is 0 Å². The van der Waals surface area contributed by atoms with Crippen LogP contribution in [0.3, 0.4) is 0 Å². The van der Waals surface area contributed by atoms with Gasteiger partial charge in [0.05, 0.1) is 12.2 Å². The second-order valence-corrected chi connectivity index (χ2v) is 10.2. The summed E-state index contributed by atoms with van der Waals surface area (Å²) in [6.45, 7) is 4.53. The molecular formula is C30H27N3O2S. The van der Waals surface area contributed by atoms with Gasteiger partial charge in [-0.1, -0.05) is 78.5 Å². The molecule has 0 aliphatic carbocycles. The van der Waals surface area contributed by atoms with E-state index >= 15 is 0 Å². The third-order valence-corrected chi connectivity index (χ3v) is 7.50. The number of nitrogens with zero attached hydrogens (tertiary/aromatic N) is 2. The summed E-state index contributed by atoms with van der Waals surface area (Å²) in [6, 6.07) is 29.7. The van der Waals surface area contributed by atoms with Gasteiger partial charge in [-0.2, -0.15) is 0 Å². The van der Waals surface area contributed by atoms with Crippen LogP contribution in [-0.4, -0.2) is 27.1 Å². The smallest absolute Gasteiger partial charge is 0.242 e. The van der Waals surface area contributed by atoms with E-state index in [1.165, 1.54) is 17.3 Å². The molecule has 4 aromatic carbocycles. The van der Waals surface area contributed by atoms with Crippen LogP contribution in [-0.2, 0) is 16.1 Å². The quantitative estimate of drug-likeness (QED) is 0.328. The van der Waals surface area contributed by atoms with Crippen LogP contribution in [0.15, 0.2) is 96.0 Å². The number of thioether (sulfide) groups is 1. The molecule has 5 rings (SSSR count). The minimum Gasteiger partial charge on any atom is -0.326 e. The van der Waals surface area contributed by atoms with Crippen molar-refractivity contribution in [2.75, 3.05) is 5.32 Å². The first kappa shape index (κ1) is 23.8. The molecule has 1 saturated heterocycles. The van der Waals surface area contributed by atoms with Crippen molar-refractivity contribution in [2.45, 2.75) is 32.1 Å². The average Bonchev–Trinajstić information content (AvgIpc) is 3.15. The molecule has 1 aliphatic heterocycles. The number of hydrogen-bond donors (Lipinski definition) is 1. The Labute approximate surface area is 215 Å². The summed E-state index contributed by atoms with van der Waals surface area (Å²) in [5.41, 5.74) is 4.87. The summed E-state index contributed by atoms with van der Waals surface area (Å²) in [5.74, 6) is -0.289. The number of amides is 2. The van der Waals surface area contributed by atoms with Gasteiger partial charge in [0.2, 0.25) is 11.8 Å². The van der Waals surface area contributed by atoms with Gasteiger partial charge < -0.3 is 5.32 Å². The molecule has 5 nitrogen and oxygen atoms in total. The van der Waals surface area contributed by atoms with E-state index in [4.69, 9.17) is 4.99 Å². The van der Waals surface area contributed by atoms with Gasteiger partial charge in [-0.15, -0.1) is 0 Å². The number of aryl methyl sites for hydroxylation is 2. The Bertz CT molecular complexity index is 1470. The van der Waals surface area contributed by atoms with Crippen molar-refractivity contribution in [1.82, 2.24) is 4.90 Å². The fourth-order valence-electron chi connectivity index (χ4n) is 4.19. The maximum atomic E-state index is 13.4. The molecule has 1 unspecified atom stereocenters. The second kappa shape index (κ2) is 10.4. The largest absolute Gasteiger partial charge is 0.326 e. The summed E-state index contributed by atoms with van der Waals surface area (Å²) in [5, 5.41) is 5.22. The van der Waals surface area contributed by atoms with Gasteiger partial charge in [-0.05, 0) is 65.6 Å². The first-order valence-electron chi connectivity index (χ1n) is 11.9. The molecule has 1 aliphatic rings. The van der Waals surface area contributed by atoms with Crippen molar-refractivity contribution < 1.29 is 9.59 Å². The number of amidine groups is 1. The van der Waals surface area contributed by atoms with E-state index in [0.717, 1.165) is 33.3 Å². The lowest BCUT2D eigenvalue weighted by molar-refractivity contribution is -0.128. The average molecular weight is 494 g/mol. The van der Waals surface area contributed by atoms with Crippen LogP contribution in [0.5, 0.6) is 0 Å². The highest BCUT2D eigenvalue weighted by Crippen LogP contribution is 2.33. The molecular weight excluding hydrogens is 466 g/mol. The van der Waals surface area contributed by atoms with E-state index in [1.807, 2.05) is 97.9 Å². The minimum atomic E-state index is -0.528. The Balaban J connectivity index is 1.36. The lowest BCUT2D eigenvalue weighted by atomic mass is 10.1. The molecule has 180 valence electrons. The zero-order valence-electron chi connectivity index (χ0n) is 20.3. The monoisotopic (exact) mass is 493 g/mol. The molecule has 0 radical (unpaired) electrons. The van der Waals surface area contributed by atoms with E-state index < -0.39 is 5.25 Å². The molecule has 6 heteroatoms. The van der Waals surface area contributed by atoms with Crippen molar-refractivity contribution in [3.63, 3.8) is 0 Å². The van der Waals surface area contributed by atoms with Crippen LogP contribution in [0.4, 0.5) is 11.4 Å². The molecule has 2 amide bonds. The predicted octanol–water partition coefficient (Wildman–Crippen LogP) is 6.62. The van der Waals surface area contributed by atoms with E-state index in [2.05, 4.69) is 12.2 Å². The number of aliphatic imine (C=N–C) groups is 1. The minimum absolute atomic E-state index is 0.0769. The Morgan fingerprint density at radius 1 is 0.889 bits per heavy atom. The molecule has 0 bridgehead atoms. The van der Waals surface area contributed by atoms with Gasteiger partial charge in [0.15, 0.2) is 5.17 Å². The number of benzene rings is 4. The summed E-state index contributed by atoms with van der Waals surface area (Å²) in [4.78, 5) is 32.9. The molecule has 1 fully saturated rings. The fourth-order valence-corrected chi connectivity index (χ4v) is 5.35. The van der Waals surface area contributed by atoms with E-state index in [9.17, 15) is 9.59 Å². The molecule has 4 aromatic rings. The lowest BCUT2D eigenvalue weighted by Gasteiger charge is -2.17. The van der Waals surface area contributed by atoms with E-state index in [-0.39, 0.29) is 18.2 Å². The van der Waals surface area contributed by atoms with Crippen molar-refractivity contribution in [3.05, 3.63) is 108 Å². The van der Waals surface area contributed by atoms with Crippen molar-refractivity contribution in [3.8, 4) is 0 Å². The molecule has 0 saturated carbocycles. The number of carbonyl (C=O) groups is 2. The van der Waals surface area contributed by atoms with Gasteiger partial charge in [0.25, 0.3) is 0 Å².